The molecule has 2 aliphatic heterocycles. The second-order valence-electron chi connectivity index (χ2n) is 9.72. The van der Waals surface area contributed by atoms with Crippen molar-refractivity contribution in [3.63, 3.8) is 0 Å². The molecule has 3 aromatic rings. The summed E-state index contributed by atoms with van der Waals surface area (Å²) in [5, 5.41) is 2.80. The molecule has 5 rings (SSSR count). The Morgan fingerprint density at radius 3 is 2.27 bits per heavy atom. The quantitative estimate of drug-likeness (QED) is 0.396. The van der Waals surface area contributed by atoms with E-state index in [0.29, 0.717) is 31.7 Å². The SMILES string of the molecule is O=C(COc1ccc(S(=O)(=O)N2CCc3ccccc32)cc1Cl)NCc1ccc(S(=O)(=O)N2CCCCC2)cc1. The van der Waals surface area contributed by atoms with Gasteiger partial charge in [-0.3, -0.25) is 9.10 Å². The lowest BCUT2D eigenvalue weighted by atomic mass is 10.2. The van der Waals surface area contributed by atoms with E-state index in [-0.39, 0.29) is 33.7 Å². The first-order valence-corrected chi connectivity index (χ1v) is 16.3. The summed E-state index contributed by atoms with van der Waals surface area (Å²) in [4.78, 5) is 12.6. The average molecular weight is 604 g/mol. The van der Waals surface area contributed by atoms with Crippen LogP contribution in [0.4, 0.5) is 5.69 Å². The molecule has 2 heterocycles. The Kier molecular flexibility index (Phi) is 8.37. The molecular formula is C28H30ClN3O6S2. The van der Waals surface area contributed by atoms with Crippen LogP contribution >= 0.6 is 11.6 Å². The fraction of sp³-hybridized carbons (Fsp3) is 0.321. The monoisotopic (exact) mass is 603 g/mol. The van der Waals surface area contributed by atoms with E-state index in [1.807, 2.05) is 12.1 Å². The zero-order chi connectivity index (χ0) is 28.3. The van der Waals surface area contributed by atoms with Gasteiger partial charge in [0.05, 0.1) is 20.5 Å². The minimum Gasteiger partial charge on any atom is -0.482 e. The highest BCUT2D eigenvalue weighted by Gasteiger charge is 2.31. The molecule has 0 radical (unpaired) electrons. The Balaban J connectivity index is 1.15. The number of carbonyl (C=O) groups excluding carboxylic acids is 1. The summed E-state index contributed by atoms with van der Waals surface area (Å²) in [5.41, 5.74) is 2.37. The first-order valence-electron chi connectivity index (χ1n) is 13.0. The number of halogens is 1. The largest absolute Gasteiger partial charge is 0.482 e. The summed E-state index contributed by atoms with van der Waals surface area (Å²) in [7, 11) is -7.32. The standard InChI is InChI=1S/C28H30ClN3O6S2/c29-25-18-24(40(36,37)32-17-14-22-6-2-3-7-26(22)32)12-13-27(25)38-20-28(33)30-19-21-8-10-23(11-9-21)39(34,35)31-15-4-1-5-16-31/h2-3,6-13,18H,1,4-5,14-17,19-20H2,(H,30,33). The molecule has 1 fully saturated rings. The molecule has 0 saturated carbocycles. The molecule has 2 aliphatic rings. The van der Waals surface area contributed by atoms with Gasteiger partial charge in [-0.2, -0.15) is 4.31 Å². The van der Waals surface area contributed by atoms with Gasteiger partial charge in [-0.05, 0) is 66.8 Å². The maximum Gasteiger partial charge on any atom is 0.264 e. The number of piperidine rings is 1. The fourth-order valence-electron chi connectivity index (χ4n) is 4.87. The number of anilines is 1. The van der Waals surface area contributed by atoms with E-state index < -0.39 is 26.0 Å². The third-order valence-corrected chi connectivity index (χ3v) is 11.1. The molecule has 12 heteroatoms. The molecule has 212 valence electrons. The molecule has 1 saturated heterocycles. The lowest BCUT2D eigenvalue weighted by molar-refractivity contribution is -0.123. The fourth-order valence-corrected chi connectivity index (χ4v) is 8.22. The molecule has 0 aromatic heterocycles. The van der Waals surface area contributed by atoms with Crippen LogP contribution in [0.5, 0.6) is 5.75 Å². The van der Waals surface area contributed by atoms with Gasteiger partial charge in [0, 0.05) is 26.2 Å². The van der Waals surface area contributed by atoms with E-state index in [1.54, 1.807) is 36.4 Å². The van der Waals surface area contributed by atoms with E-state index >= 15 is 0 Å². The van der Waals surface area contributed by atoms with Crippen LogP contribution in [0.1, 0.15) is 30.4 Å². The van der Waals surface area contributed by atoms with Crippen molar-refractivity contribution in [2.75, 3.05) is 30.5 Å². The van der Waals surface area contributed by atoms with Gasteiger partial charge >= 0.3 is 0 Å². The summed E-state index contributed by atoms with van der Waals surface area (Å²) >= 11 is 6.31. The van der Waals surface area contributed by atoms with Crippen molar-refractivity contribution in [1.29, 1.82) is 0 Å². The summed E-state index contributed by atoms with van der Waals surface area (Å²) in [6.45, 7) is 1.29. The van der Waals surface area contributed by atoms with E-state index in [0.717, 1.165) is 30.4 Å². The van der Waals surface area contributed by atoms with Gasteiger partial charge in [0.2, 0.25) is 10.0 Å². The average Bonchev–Trinajstić information content (AvgIpc) is 3.41. The second-order valence-corrected chi connectivity index (χ2v) is 13.9. The molecule has 40 heavy (non-hydrogen) atoms. The van der Waals surface area contributed by atoms with Gasteiger partial charge in [-0.1, -0.05) is 48.4 Å². The van der Waals surface area contributed by atoms with Crippen LogP contribution < -0.4 is 14.4 Å². The van der Waals surface area contributed by atoms with Crippen LogP contribution in [0, 0.1) is 0 Å². The molecule has 0 aliphatic carbocycles. The topological polar surface area (TPSA) is 113 Å². The number of para-hydroxylation sites is 1. The molecule has 0 atom stereocenters. The number of fused-ring (bicyclic) bond motifs is 1. The molecular weight excluding hydrogens is 574 g/mol. The Morgan fingerprint density at radius 2 is 1.55 bits per heavy atom. The van der Waals surface area contributed by atoms with Gasteiger partial charge < -0.3 is 10.1 Å². The predicted molar refractivity (Wildman–Crippen MR) is 153 cm³/mol. The maximum atomic E-state index is 13.2. The van der Waals surface area contributed by atoms with E-state index in [2.05, 4.69) is 5.32 Å². The van der Waals surface area contributed by atoms with Gasteiger partial charge in [-0.25, -0.2) is 16.8 Å². The third-order valence-electron chi connectivity index (χ3n) is 7.06. The van der Waals surface area contributed by atoms with Crippen LogP contribution in [0.3, 0.4) is 0 Å². The third kappa shape index (κ3) is 5.97. The van der Waals surface area contributed by atoms with Crippen LogP contribution in [-0.4, -0.2) is 53.3 Å². The number of rotatable bonds is 9. The second kappa shape index (κ2) is 11.8. The number of hydrogen-bond donors (Lipinski definition) is 1. The molecule has 0 spiro atoms. The van der Waals surface area contributed by atoms with Gasteiger partial charge in [-0.15, -0.1) is 0 Å². The van der Waals surface area contributed by atoms with Crippen molar-refractivity contribution in [3.05, 3.63) is 82.9 Å². The van der Waals surface area contributed by atoms with E-state index in [1.165, 1.54) is 26.8 Å². The van der Waals surface area contributed by atoms with Crippen molar-refractivity contribution in [2.24, 2.45) is 0 Å². The lowest BCUT2D eigenvalue weighted by Crippen LogP contribution is -2.35. The van der Waals surface area contributed by atoms with Gasteiger partial charge in [0.25, 0.3) is 15.9 Å². The normalized spacial score (nSPS) is 16.0. The number of carbonyl (C=O) groups is 1. The highest BCUT2D eigenvalue weighted by molar-refractivity contribution is 7.92. The summed E-state index contributed by atoms with van der Waals surface area (Å²) in [5.74, 6) is -0.226. The van der Waals surface area contributed by atoms with E-state index in [4.69, 9.17) is 16.3 Å². The van der Waals surface area contributed by atoms with Gasteiger partial charge in [0.1, 0.15) is 5.75 Å². The number of hydrogen-bond acceptors (Lipinski definition) is 6. The lowest BCUT2D eigenvalue weighted by Gasteiger charge is -2.25. The Bertz CT molecular complexity index is 1610. The number of benzene rings is 3. The smallest absolute Gasteiger partial charge is 0.264 e. The minimum atomic E-state index is -3.81. The summed E-state index contributed by atoms with van der Waals surface area (Å²) in [6.07, 6.45) is 3.42. The molecule has 1 amide bonds. The molecule has 0 bridgehead atoms. The highest BCUT2D eigenvalue weighted by atomic mass is 35.5. The first-order chi connectivity index (χ1) is 19.2. The number of amides is 1. The maximum absolute atomic E-state index is 13.2. The van der Waals surface area contributed by atoms with Crippen LogP contribution in [-0.2, 0) is 37.8 Å². The number of sulfonamides is 2. The van der Waals surface area contributed by atoms with Crippen molar-refractivity contribution in [2.45, 2.75) is 42.0 Å². The zero-order valence-corrected chi connectivity index (χ0v) is 24.1. The van der Waals surface area contributed by atoms with Crippen molar-refractivity contribution in [1.82, 2.24) is 9.62 Å². The molecule has 3 aromatic carbocycles. The van der Waals surface area contributed by atoms with Crippen LogP contribution in [0.2, 0.25) is 5.02 Å². The van der Waals surface area contributed by atoms with Crippen molar-refractivity contribution in [3.8, 4) is 5.75 Å². The predicted octanol–water partition coefficient (Wildman–Crippen LogP) is 3.96. The van der Waals surface area contributed by atoms with E-state index in [9.17, 15) is 21.6 Å². The zero-order valence-electron chi connectivity index (χ0n) is 21.8. The Hall–Kier alpha value is -3.12. The van der Waals surface area contributed by atoms with Gasteiger partial charge in [0.15, 0.2) is 6.61 Å². The number of ether oxygens (including phenoxy) is 1. The van der Waals surface area contributed by atoms with Crippen LogP contribution in [0.25, 0.3) is 0 Å². The highest BCUT2D eigenvalue weighted by Crippen LogP contribution is 2.35. The Labute approximate surface area is 239 Å². The Morgan fingerprint density at radius 1 is 0.850 bits per heavy atom. The molecule has 9 nitrogen and oxygen atoms in total. The summed E-state index contributed by atoms with van der Waals surface area (Å²) in [6, 6.07) is 18.0. The van der Waals surface area contributed by atoms with Crippen molar-refractivity contribution < 1.29 is 26.4 Å². The number of nitrogens with zero attached hydrogens (tertiary/aromatic N) is 2. The molecule has 1 N–H and O–H groups in total. The summed E-state index contributed by atoms with van der Waals surface area (Å²) < 4.78 is 60.5. The number of nitrogens with one attached hydrogen (secondary N) is 1. The molecule has 0 unspecified atom stereocenters. The first kappa shape index (κ1) is 28.4. The van der Waals surface area contributed by atoms with Crippen molar-refractivity contribution >= 4 is 43.2 Å². The van der Waals surface area contributed by atoms with Crippen LogP contribution in [0.15, 0.2) is 76.5 Å². The minimum absolute atomic E-state index is 0.0387.